The maximum absolute atomic E-state index is 13.3. The van der Waals surface area contributed by atoms with Crippen molar-refractivity contribution in [3.05, 3.63) is 29.8 Å². The van der Waals surface area contributed by atoms with E-state index in [-0.39, 0.29) is 11.8 Å². The third-order valence-corrected chi connectivity index (χ3v) is 5.99. The number of para-hydroxylation sites is 1. The summed E-state index contributed by atoms with van der Waals surface area (Å²) in [6, 6.07) is 7.54. The molecule has 2 saturated heterocycles. The third-order valence-electron chi connectivity index (χ3n) is 5.99. The zero-order chi connectivity index (χ0) is 18.9. The lowest BCUT2D eigenvalue weighted by molar-refractivity contribution is -0.187. The molecule has 4 rings (SSSR count). The highest BCUT2D eigenvalue weighted by Gasteiger charge is 2.43. The van der Waals surface area contributed by atoms with E-state index >= 15 is 0 Å². The summed E-state index contributed by atoms with van der Waals surface area (Å²) in [6.45, 7) is 4.46. The Morgan fingerprint density at radius 3 is 2.56 bits per heavy atom. The highest BCUT2D eigenvalue weighted by atomic mass is 16.7. The van der Waals surface area contributed by atoms with Gasteiger partial charge in [-0.3, -0.25) is 14.5 Å². The Labute approximate surface area is 160 Å². The topological polar surface area (TPSA) is 59.1 Å². The number of aryl methyl sites for hydroxylation is 1. The van der Waals surface area contributed by atoms with Gasteiger partial charge in [-0.05, 0) is 30.9 Å². The first-order valence-corrected chi connectivity index (χ1v) is 10.1. The molecule has 0 radical (unpaired) electrons. The van der Waals surface area contributed by atoms with Gasteiger partial charge >= 0.3 is 0 Å². The molecule has 1 spiro atoms. The van der Waals surface area contributed by atoms with Crippen molar-refractivity contribution in [2.75, 3.05) is 31.2 Å². The standard InChI is InChI=1S/C21H28N2O4/c1-2-17(20(25)22-12-10-21(11-13-22)26-14-15-27-21)23-18-8-4-3-6-16(18)7-5-9-19(23)24/h3-4,6,8,17H,2,5,7,9-15H2,1H3/t17-/m0/s1. The van der Waals surface area contributed by atoms with E-state index in [1.807, 2.05) is 30.0 Å². The maximum Gasteiger partial charge on any atom is 0.245 e. The molecule has 0 aliphatic carbocycles. The highest BCUT2D eigenvalue weighted by Crippen LogP contribution is 2.33. The monoisotopic (exact) mass is 372 g/mol. The van der Waals surface area contributed by atoms with Crippen LogP contribution in [0.4, 0.5) is 5.69 Å². The van der Waals surface area contributed by atoms with Crippen LogP contribution in [0, 0.1) is 0 Å². The Morgan fingerprint density at radius 1 is 1.15 bits per heavy atom. The Balaban J connectivity index is 1.54. The van der Waals surface area contributed by atoms with Crippen LogP contribution in [0.15, 0.2) is 24.3 Å². The molecule has 1 aromatic carbocycles. The molecule has 6 nitrogen and oxygen atoms in total. The first-order chi connectivity index (χ1) is 13.1. The number of amides is 2. The fraction of sp³-hybridized carbons (Fsp3) is 0.619. The fourth-order valence-corrected chi connectivity index (χ4v) is 4.52. The minimum Gasteiger partial charge on any atom is -0.347 e. The molecule has 0 aromatic heterocycles. The van der Waals surface area contributed by atoms with Crippen molar-refractivity contribution in [2.24, 2.45) is 0 Å². The number of nitrogens with zero attached hydrogens (tertiary/aromatic N) is 2. The smallest absolute Gasteiger partial charge is 0.245 e. The summed E-state index contributed by atoms with van der Waals surface area (Å²) >= 11 is 0. The van der Waals surface area contributed by atoms with Crippen LogP contribution in [0.5, 0.6) is 0 Å². The van der Waals surface area contributed by atoms with Crippen LogP contribution in [0.2, 0.25) is 0 Å². The van der Waals surface area contributed by atoms with Crippen molar-refractivity contribution in [3.63, 3.8) is 0 Å². The predicted octanol–water partition coefficient (Wildman–Crippen LogP) is 2.50. The number of carbonyl (C=O) groups excluding carboxylic acids is 2. The van der Waals surface area contributed by atoms with E-state index in [0.29, 0.717) is 52.0 Å². The summed E-state index contributed by atoms with van der Waals surface area (Å²) in [7, 11) is 0. The van der Waals surface area contributed by atoms with Crippen molar-refractivity contribution in [1.82, 2.24) is 4.90 Å². The first kappa shape index (κ1) is 18.4. The lowest BCUT2D eigenvalue weighted by atomic mass is 10.0. The third kappa shape index (κ3) is 3.48. The van der Waals surface area contributed by atoms with E-state index in [1.165, 1.54) is 0 Å². The van der Waals surface area contributed by atoms with Gasteiger partial charge in [0.1, 0.15) is 6.04 Å². The normalized spacial score (nSPS) is 23.2. The highest BCUT2D eigenvalue weighted by molar-refractivity contribution is 6.01. The van der Waals surface area contributed by atoms with Gasteiger partial charge in [-0.2, -0.15) is 0 Å². The van der Waals surface area contributed by atoms with E-state index < -0.39 is 11.8 Å². The zero-order valence-corrected chi connectivity index (χ0v) is 16.0. The number of carbonyl (C=O) groups is 2. The molecule has 2 amide bonds. The number of rotatable bonds is 3. The average Bonchev–Trinajstić information content (AvgIpc) is 3.07. The number of hydrogen-bond donors (Lipinski definition) is 0. The molecular formula is C21H28N2O4. The fourth-order valence-electron chi connectivity index (χ4n) is 4.52. The second kappa shape index (κ2) is 7.60. The summed E-state index contributed by atoms with van der Waals surface area (Å²) in [6.07, 6.45) is 4.19. The van der Waals surface area contributed by atoms with Crippen LogP contribution in [0.1, 0.15) is 44.6 Å². The molecule has 0 bridgehead atoms. The SMILES string of the molecule is CC[C@@H](C(=O)N1CCC2(CC1)OCCO2)N1C(=O)CCCc2ccccc21. The zero-order valence-electron chi connectivity index (χ0n) is 16.0. The average molecular weight is 372 g/mol. The van der Waals surface area contributed by atoms with E-state index in [1.54, 1.807) is 4.90 Å². The molecule has 146 valence electrons. The molecule has 1 atom stereocenters. The van der Waals surface area contributed by atoms with Crippen molar-refractivity contribution < 1.29 is 19.1 Å². The molecule has 0 N–H and O–H groups in total. The van der Waals surface area contributed by atoms with Gasteiger partial charge in [-0.1, -0.05) is 25.1 Å². The van der Waals surface area contributed by atoms with E-state index in [0.717, 1.165) is 24.1 Å². The van der Waals surface area contributed by atoms with E-state index in [9.17, 15) is 9.59 Å². The van der Waals surface area contributed by atoms with Crippen LogP contribution in [0.3, 0.4) is 0 Å². The van der Waals surface area contributed by atoms with E-state index in [4.69, 9.17) is 9.47 Å². The van der Waals surface area contributed by atoms with Crippen LogP contribution in [0.25, 0.3) is 0 Å². The molecular weight excluding hydrogens is 344 g/mol. The Kier molecular flexibility index (Phi) is 5.19. The number of benzene rings is 1. The predicted molar refractivity (Wildman–Crippen MR) is 101 cm³/mol. The molecule has 1 aromatic rings. The Bertz CT molecular complexity index is 704. The molecule has 3 aliphatic heterocycles. The van der Waals surface area contributed by atoms with Gasteiger partial charge in [0.2, 0.25) is 11.8 Å². The van der Waals surface area contributed by atoms with Crippen LogP contribution in [-0.4, -0.2) is 54.8 Å². The Hall–Kier alpha value is -1.92. The quantitative estimate of drug-likeness (QED) is 0.818. The van der Waals surface area contributed by atoms with E-state index in [2.05, 4.69) is 6.07 Å². The lowest BCUT2D eigenvalue weighted by Crippen LogP contribution is -2.55. The maximum atomic E-state index is 13.3. The van der Waals surface area contributed by atoms with Gasteiger partial charge in [0.25, 0.3) is 0 Å². The number of anilines is 1. The largest absolute Gasteiger partial charge is 0.347 e. The van der Waals surface area contributed by atoms with Gasteiger partial charge in [0, 0.05) is 38.0 Å². The van der Waals surface area contributed by atoms with Crippen molar-refractivity contribution in [2.45, 2.75) is 57.3 Å². The van der Waals surface area contributed by atoms with Gasteiger partial charge in [-0.15, -0.1) is 0 Å². The molecule has 27 heavy (non-hydrogen) atoms. The van der Waals surface area contributed by atoms with Crippen LogP contribution in [-0.2, 0) is 25.5 Å². The molecule has 0 unspecified atom stereocenters. The van der Waals surface area contributed by atoms with Gasteiger partial charge < -0.3 is 14.4 Å². The van der Waals surface area contributed by atoms with Crippen LogP contribution >= 0.6 is 0 Å². The van der Waals surface area contributed by atoms with Gasteiger partial charge in [0.15, 0.2) is 5.79 Å². The number of fused-ring (bicyclic) bond motifs is 1. The lowest BCUT2D eigenvalue weighted by Gasteiger charge is -2.40. The molecule has 6 heteroatoms. The van der Waals surface area contributed by atoms with Crippen LogP contribution < -0.4 is 4.90 Å². The second-order valence-corrected chi connectivity index (χ2v) is 7.60. The molecule has 3 aliphatic rings. The minimum absolute atomic E-state index is 0.0374. The summed E-state index contributed by atoms with van der Waals surface area (Å²) in [5, 5.41) is 0. The van der Waals surface area contributed by atoms with Crippen molar-refractivity contribution in [3.8, 4) is 0 Å². The number of piperidine rings is 1. The van der Waals surface area contributed by atoms with Gasteiger partial charge in [0.05, 0.1) is 13.2 Å². The number of likely N-dealkylation sites (tertiary alicyclic amines) is 1. The summed E-state index contributed by atoms with van der Waals surface area (Å²) < 4.78 is 11.5. The molecule has 0 saturated carbocycles. The van der Waals surface area contributed by atoms with Crippen molar-refractivity contribution in [1.29, 1.82) is 0 Å². The molecule has 2 fully saturated rings. The summed E-state index contributed by atoms with van der Waals surface area (Å²) in [5.74, 6) is -0.407. The number of ether oxygens (including phenoxy) is 2. The first-order valence-electron chi connectivity index (χ1n) is 10.1. The second-order valence-electron chi connectivity index (χ2n) is 7.60. The Morgan fingerprint density at radius 2 is 1.85 bits per heavy atom. The minimum atomic E-state index is -0.497. The van der Waals surface area contributed by atoms with Crippen molar-refractivity contribution >= 4 is 17.5 Å². The van der Waals surface area contributed by atoms with Gasteiger partial charge in [-0.25, -0.2) is 0 Å². The number of hydrogen-bond acceptors (Lipinski definition) is 4. The summed E-state index contributed by atoms with van der Waals surface area (Å²) in [4.78, 5) is 29.9. The molecule has 3 heterocycles. The summed E-state index contributed by atoms with van der Waals surface area (Å²) in [5.41, 5.74) is 2.05.